The number of amides is 1. The monoisotopic (exact) mass is 484 g/mol. The summed E-state index contributed by atoms with van der Waals surface area (Å²) in [7, 11) is 0. The molecule has 2 N–H and O–H groups in total. The second kappa shape index (κ2) is 11.5. The highest BCUT2D eigenvalue weighted by atomic mass is 127. The first kappa shape index (κ1) is 22.0. The molecule has 0 radical (unpaired) electrons. The Morgan fingerprint density at radius 1 is 1.22 bits per heavy atom. The lowest BCUT2D eigenvalue weighted by Crippen LogP contribution is -2.40. The van der Waals surface area contributed by atoms with Gasteiger partial charge in [0, 0.05) is 38.6 Å². The summed E-state index contributed by atoms with van der Waals surface area (Å²) in [6.45, 7) is 5.81. The molecule has 1 aromatic carbocycles. The SMILES string of the molecule is CCNC(=NCCCC(=O)NC1CC1)N1CCC(Cc2ccccc2)C1.I. The van der Waals surface area contributed by atoms with Crippen LogP contribution in [0.2, 0.25) is 0 Å². The minimum Gasteiger partial charge on any atom is -0.357 e. The van der Waals surface area contributed by atoms with Crippen molar-refractivity contribution in [1.29, 1.82) is 0 Å². The summed E-state index contributed by atoms with van der Waals surface area (Å²) < 4.78 is 0. The first-order chi connectivity index (χ1) is 12.7. The average molecular weight is 484 g/mol. The molecule has 1 unspecified atom stereocenters. The number of hydrogen-bond acceptors (Lipinski definition) is 2. The molecule has 5 nitrogen and oxygen atoms in total. The Balaban J connectivity index is 0.00000261. The Hall–Kier alpha value is -1.31. The van der Waals surface area contributed by atoms with Crippen molar-refractivity contribution in [1.82, 2.24) is 15.5 Å². The third-order valence-electron chi connectivity index (χ3n) is 5.05. The largest absolute Gasteiger partial charge is 0.357 e. The summed E-state index contributed by atoms with van der Waals surface area (Å²) in [4.78, 5) is 18.9. The molecule has 0 spiro atoms. The highest BCUT2D eigenvalue weighted by Crippen LogP contribution is 2.21. The molecule has 3 rings (SSSR count). The molecule has 6 heteroatoms. The molecule has 0 bridgehead atoms. The van der Waals surface area contributed by atoms with E-state index < -0.39 is 0 Å². The van der Waals surface area contributed by atoms with Gasteiger partial charge in [0.2, 0.25) is 5.91 Å². The minimum atomic E-state index is 0. The lowest BCUT2D eigenvalue weighted by molar-refractivity contribution is -0.121. The number of benzene rings is 1. The number of hydrogen-bond donors (Lipinski definition) is 2. The molecule has 2 fully saturated rings. The second-order valence-corrected chi connectivity index (χ2v) is 7.47. The van der Waals surface area contributed by atoms with Gasteiger partial charge in [-0.05, 0) is 50.5 Å². The van der Waals surface area contributed by atoms with Crippen LogP contribution in [0.15, 0.2) is 35.3 Å². The van der Waals surface area contributed by atoms with Crippen LogP contribution in [0.25, 0.3) is 0 Å². The number of aliphatic imine (C=N–C) groups is 1. The van der Waals surface area contributed by atoms with E-state index in [-0.39, 0.29) is 29.9 Å². The summed E-state index contributed by atoms with van der Waals surface area (Å²) in [5.41, 5.74) is 1.42. The maximum atomic E-state index is 11.8. The molecule has 1 saturated heterocycles. The van der Waals surface area contributed by atoms with Crippen molar-refractivity contribution in [3.63, 3.8) is 0 Å². The van der Waals surface area contributed by atoms with Gasteiger partial charge in [-0.1, -0.05) is 30.3 Å². The summed E-state index contributed by atoms with van der Waals surface area (Å²) in [5, 5.41) is 6.45. The van der Waals surface area contributed by atoms with Crippen LogP contribution in [0.4, 0.5) is 0 Å². The quantitative estimate of drug-likeness (QED) is 0.258. The normalized spacial score (nSPS) is 19.5. The molecule has 1 saturated carbocycles. The van der Waals surface area contributed by atoms with Gasteiger partial charge in [-0.15, -0.1) is 24.0 Å². The second-order valence-electron chi connectivity index (χ2n) is 7.47. The molecule has 1 aliphatic heterocycles. The smallest absolute Gasteiger partial charge is 0.220 e. The van der Waals surface area contributed by atoms with Crippen LogP contribution in [0.5, 0.6) is 0 Å². The third kappa shape index (κ3) is 7.68. The lowest BCUT2D eigenvalue weighted by atomic mass is 9.99. The zero-order valence-electron chi connectivity index (χ0n) is 16.3. The van der Waals surface area contributed by atoms with Gasteiger partial charge in [0.15, 0.2) is 5.96 Å². The number of nitrogens with one attached hydrogen (secondary N) is 2. The van der Waals surface area contributed by atoms with Gasteiger partial charge in [0.25, 0.3) is 0 Å². The summed E-state index contributed by atoms with van der Waals surface area (Å²) in [5.74, 6) is 1.87. The Bertz CT molecular complexity index is 603. The molecule has 1 aromatic rings. The number of likely N-dealkylation sites (tertiary alicyclic amines) is 1. The number of carbonyl (C=O) groups excluding carboxylic acids is 1. The van der Waals surface area contributed by atoms with E-state index in [4.69, 9.17) is 4.99 Å². The van der Waals surface area contributed by atoms with E-state index in [2.05, 4.69) is 52.8 Å². The topological polar surface area (TPSA) is 56.7 Å². The predicted molar refractivity (Wildman–Crippen MR) is 122 cm³/mol. The maximum absolute atomic E-state index is 11.8. The fraction of sp³-hybridized carbons (Fsp3) is 0.619. The van der Waals surface area contributed by atoms with Crippen molar-refractivity contribution in [3.05, 3.63) is 35.9 Å². The van der Waals surface area contributed by atoms with Crippen molar-refractivity contribution in [2.24, 2.45) is 10.9 Å². The third-order valence-corrected chi connectivity index (χ3v) is 5.05. The van der Waals surface area contributed by atoms with E-state index in [1.165, 1.54) is 12.0 Å². The zero-order chi connectivity index (χ0) is 18.2. The zero-order valence-corrected chi connectivity index (χ0v) is 18.7. The first-order valence-electron chi connectivity index (χ1n) is 10.1. The Labute approximate surface area is 180 Å². The van der Waals surface area contributed by atoms with Crippen LogP contribution in [-0.2, 0) is 11.2 Å². The van der Waals surface area contributed by atoms with E-state index in [9.17, 15) is 4.79 Å². The molecule has 0 aromatic heterocycles. The summed E-state index contributed by atoms with van der Waals surface area (Å²) in [6.07, 6.45) is 6.03. The van der Waals surface area contributed by atoms with Gasteiger partial charge < -0.3 is 15.5 Å². The maximum Gasteiger partial charge on any atom is 0.220 e. The van der Waals surface area contributed by atoms with E-state index in [0.717, 1.165) is 51.3 Å². The standard InChI is InChI=1S/C21H32N4O.HI/c1-2-22-21(23-13-6-9-20(26)24-19-10-11-19)25-14-12-18(16-25)15-17-7-4-3-5-8-17;/h3-5,7-8,18-19H,2,6,9-16H2,1H3,(H,22,23)(H,24,26);1H. The molecule has 27 heavy (non-hydrogen) atoms. The number of guanidine groups is 1. The van der Waals surface area contributed by atoms with Crippen molar-refractivity contribution in [3.8, 4) is 0 Å². The van der Waals surface area contributed by atoms with E-state index in [1.54, 1.807) is 0 Å². The highest BCUT2D eigenvalue weighted by molar-refractivity contribution is 14.0. The van der Waals surface area contributed by atoms with Gasteiger partial charge in [0.05, 0.1) is 0 Å². The molecule has 1 amide bonds. The molecular weight excluding hydrogens is 451 g/mol. The van der Waals surface area contributed by atoms with E-state index in [1.807, 2.05) is 0 Å². The van der Waals surface area contributed by atoms with Crippen LogP contribution in [-0.4, -0.2) is 49.0 Å². The number of halogens is 1. The Kier molecular flexibility index (Phi) is 9.38. The first-order valence-corrected chi connectivity index (χ1v) is 10.1. The number of nitrogens with zero attached hydrogens (tertiary/aromatic N) is 2. The molecule has 2 aliphatic rings. The van der Waals surface area contributed by atoms with Gasteiger partial charge in [0.1, 0.15) is 0 Å². The van der Waals surface area contributed by atoms with Gasteiger partial charge in [-0.3, -0.25) is 9.79 Å². The highest BCUT2D eigenvalue weighted by Gasteiger charge is 2.25. The summed E-state index contributed by atoms with van der Waals surface area (Å²) in [6, 6.07) is 11.2. The molecule has 1 atom stereocenters. The fourth-order valence-corrected chi connectivity index (χ4v) is 3.52. The summed E-state index contributed by atoms with van der Waals surface area (Å²) >= 11 is 0. The van der Waals surface area contributed by atoms with E-state index >= 15 is 0 Å². The Morgan fingerprint density at radius 3 is 2.70 bits per heavy atom. The van der Waals surface area contributed by atoms with Crippen LogP contribution < -0.4 is 10.6 Å². The van der Waals surface area contributed by atoms with Crippen molar-refractivity contribution in [2.45, 2.75) is 51.5 Å². The Morgan fingerprint density at radius 2 is 2.00 bits per heavy atom. The van der Waals surface area contributed by atoms with Crippen LogP contribution in [0, 0.1) is 5.92 Å². The predicted octanol–water partition coefficient (Wildman–Crippen LogP) is 3.19. The van der Waals surface area contributed by atoms with Gasteiger partial charge >= 0.3 is 0 Å². The van der Waals surface area contributed by atoms with Crippen molar-refractivity contribution in [2.75, 3.05) is 26.2 Å². The molecular formula is C21H33IN4O. The van der Waals surface area contributed by atoms with Crippen LogP contribution in [0.3, 0.4) is 0 Å². The lowest BCUT2D eigenvalue weighted by Gasteiger charge is -2.21. The molecule has 1 aliphatic carbocycles. The number of carbonyl (C=O) groups is 1. The average Bonchev–Trinajstić information content (AvgIpc) is 3.34. The minimum absolute atomic E-state index is 0. The van der Waals surface area contributed by atoms with Crippen molar-refractivity contribution >= 4 is 35.8 Å². The molecule has 150 valence electrons. The van der Waals surface area contributed by atoms with E-state index in [0.29, 0.717) is 24.9 Å². The molecule has 1 heterocycles. The van der Waals surface area contributed by atoms with Gasteiger partial charge in [-0.2, -0.15) is 0 Å². The fourth-order valence-electron chi connectivity index (χ4n) is 3.52. The van der Waals surface area contributed by atoms with Gasteiger partial charge in [-0.25, -0.2) is 0 Å². The van der Waals surface area contributed by atoms with Crippen LogP contribution >= 0.6 is 24.0 Å². The van der Waals surface area contributed by atoms with Crippen LogP contribution in [0.1, 0.15) is 44.6 Å². The number of rotatable bonds is 8. The van der Waals surface area contributed by atoms with Crippen molar-refractivity contribution < 1.29 is 4.79 Å².